The third kappa shape index (κ3) is 3.88. The summed E-state index contributed by atoms with van der Waals surface area (Å²) in [5.74, 6) is 3.13. The molecule has 1 aliphatic rings. The van der Waals surface area contributed by atoms with Crippen molar-refractivity contribution in [2.24, 2.45) is 0 Å². The Morgan fingerprint density at radius 2 is 1.90 bits per heavy atom. The van der Waals surface area contributed by atoms with Gasteiger partial charge in [0.05, 0.1) is 0 Å². The van der Waals surface area contributed by atoms with Gasteiger partial charge in [-0.2, -0.15) is 26.7 Å². The van der Waals surface area contributed by atoms with Crippen molar-refractivity contribution in [2.75, 3.05) is 47.7 Å². The highest BCUT2D eigenvalue weighted by Gasteiger charge is 2.18. The zero-order valence-electron chi connectivity index (χ0n) is 12.5. The minimum absolute atomic E-state index is 0.392. The van der Waals surface area contributed by atoms with Gasteiger partial charge in [-0.1, -0.05) is 6.92 Å². The number of hydrogen-bond donors (Lipinski definition) is 2. The monoisotopic (exact) mass is 296 g/mol. The largest absolute Gasteiger partial charge is 0.357 e. The quantitative estimate of drug-likeness (QED) is 0.798. The van der Waals surface area contributed by atoms with Gasteiger partial charge in [0.2, 0.25) is 17.8 Å². The van der Waals surface area contributed by atoms with Gasteiger partial charge in [0.1, 0.15) is 0 Å². The lowest BCUT2D eigenvalue weighted by Gasteiger charge is -2.19. The molecule has 1 atom stereocenters. The number of thioether (sulfide) groups is 1. The first-order valence-electron chi connectivity index (χ1n) is 7.21. The third-order valence-corrected chi connectivity index (χ3v) is 4.17. The normalized spacial score (nSPS) is 16.2. The highest BCUT2D eigenvalue weighted by molar-refractivity contribution is 7.98. The van der Waals surface area contributed by atoms with Crippen LogP contribution in [0.3, 0.4) is 0 Å². The molecule has 20 heavy (non-hydrogen) atoms. The Morgan fingerprint density at radius 1 is 1.20 bits per heavy atom. The molecule has 1 unspecified atom stereocenters. The molecule has 0 amide bonds. The first-order valence-corrected chi connectivity index (χ1v) is 8.60. The van der Waals surface area contributed by atoms with E-state index in [1.54, 1.807) is 0 Å². The minimum atomic E-state index is 0.392. The standard InChI is InChI=1S/C13H24N6S/c1-4-10(9-20-3)15-12-16-11(14-2)17-13(18-12)19-7-5-6-8-19/h10H,4-9H2,1-3H3,(H2,14,15,16,17,18). The molecule has 1 aromatic rings. The van der Waals surface area contributed by atoms with Gasteiger partial charge in [-0.15, -0.1) is 0 Å². The lowest BCUT2D eigenvalue weighted by molar-refractivity contribution is 0.758. The Labute approximate surface area is 125 Å². The fraction of sp³-hybridized carbons (Fsp3) is 0.769. The summed E-state index contributed by atoms with van der Waals surface area (Å²) in [5.41, 5.74) is 0. The van der Waals surface area contributed by atoms with Gasteiger partial charge in [-0.05, 0) is 25.5 Å². The lowest BCUT2D eigenvalue weighted by Crippen LogP contribution is -2.25. The number of aromatic nitrogens is 3. The summed E-state index contributed by atoms with van der Waals surface area (Å²) in [6.45, 7) is 4.25. The van der Waals surface area contributed by atoms with Crippen LogP contribution in [0.4, 0.5) is 17.8 Å². The first-order chi connectivity index (χ1) is 9.76. The summed E-state index contributed by atoms with van der Waals surface area (Å²) in [7, 11) is 1.84. The lowest BCUT2D eigenvalue weighted by atomic mass is 10.3. The van der Waals surface area contributed by atoms with Crippen LogP contribution in [0.25, 0.3) is 0 Å². The molecule has 1 aliphatic heterocycles. The van der Waals surface area contributed by atoms with Crippen molar-refractivity contribution in [2.45, 2.75) is 32.2 Å². The number of anilines is 3. The first kappa shape index (κ1) is 15.2. The van der Waals surface area contributed by atoms with E-state index < -0.39 is 0 Å². The second-order valence-electron chi connectivity index (χ2n) is 4.93. The van der Waals surface area contributed by atoms with Gasteiger partial charge >= 0.3 is 0 Å². The van der Waals surface area contributed by atoms with Crippen LogP contribution >= 0.6 is 11.8 Å². The molecule has 0 radical (unpaired) electrons. The molecule has 112 valence electrons. The average Bonchev–Trinajstić information content (AvgIpc) is 3.00. The van der Waals surface area contributed by atoms with Crippen LogP contribution in [-0.2, 0) is 0 Å². The molecule has 0 aliphatic carbocycles. The topological polar surface area (TPSA) is 66.0 Å². The van der Waals surface area contributed by atoms with E-state index in [9.17, 15) is 0 Å². The summed E-state index contributed by atoms with van der Waals surface area (Å²) in [6.07, 6.45) is 5.60. The minimum Gasteiger partial charge on any atom is -0.357 e. The van der Waals surface area contributed by atoms with E-state index in [2.05, 4.69) is 43.7 Å². The fourth-order valence-electron chi connectivity index (χ4n) is 2.24. The predicted molar refractivity (Wildman–Crippen MR) is 86.9 cm³/mol. The van der Waals surface area contributed by atoms with Crippen LogP contribution in [0.1, 0.15) is 26.2 Å². The van der Waals surface area contributed by atoms with E-state index in [0.717, 1.165) is 31.2 Å². The molecule has 7 heteroatoms. The van der Waals surface area contributed by atoms with E-state index >= 15 is 0 Å². The molecule has 1 aromatic heterocycles. The van der Waals surface area contributed by atoms with Gasteiger partial charge in [0.25, 0.3) is 0 Å². The molecule has 0 bridgehead atoms. The summed E-state index contributed by atoms with van der Waals surface area (Å²) in [5, 5.41) is 6.44. The van der Waals surface area contributed by atoms with Crippen molar-refractivity contribution >= 4 is 29.6 Å². The van der Waals surface area contributed by atoms with Gasteiger partial charge < -0.3 is 15.5 Å². The Hall–Kier alpha value is -1.24. The Bertz CT molecular complexity index is 421. The molecule has 2 rings (SSSR count). The maximum absolute atomic E-state index is 4.58. The van der Waals surface area contributed by atoms with E-state index in [4.69, 9.17) is 0 Å². The molecule has 2 N–H and O–H groups in total. The number of nitrogens with zero attached hydrogens (tertiary/aromatic N) is 4. The number of nitrogens with one attached hydrogen (secondary N) is 2. The Balaban J connectivity index is 2.16. The third-order valence-electron chi connectivity index (χ3n) is 3.43. The highest BCUT2D eigenvalue weighted by Crippen LogP contribution is 2.19. The van der Waals surface area contributed by atoms with E-state index in [-0.39, 0.29) is 0 Å². The zero-order valence-corrected chi connectivity index (χ0v) is 13.3. The number of hydrogen-bond acceptors (Lipinski definition) is 7. The summed E-state index contributed by atoms with van der Waals surface area (Å²) >= 11 is 1.83. The second kappa shape index (κ2) is 7.52. The molecular weight excluding hydrogens is 272 g/mol. The zero-order chi connectivity index (χ0) is 14.4. The average molecular weight is 296 g/mol. The maximum Gasteiger partial charge on any atom is 0.231 e. The maximum atomic E-state index is 4.58. The van der Waals surface area contributed by atoms with E-state index in [0.29, 0.717) is 17.9 Å². The second-order valence-corrected chi connectivity index (χ2v) is 5.84. The molecule has 0 saturated carbocycles. The summed E-state index contributed by atoms with van der Waals surface area (Å²) < 4.78 is 0. The van der Waals surface area contributed by atoms with Gasteiger partial charge in [-0.25, -0.2) is 0 Å². The van der Waals surface area contributed by atoms with Crippen LogP contribution in [0.5, 0.6) is 0 Å². The van der Waals surface area contributed by atoms with Crippen LogP contribution in [0.2, 0.25) is 0 Å². The van der Waals surface area contributed by atoms with Crippen LogP contribution in [-0.4, -0.2) is 53.1 Å². The molecule has 6 nitrogen and oxygen atoms in total. The molecular formula is C13H24N6S. The van der Waals surface area contributed by atoms with Crippen LogP contribution in [0, 0.1) is 0 Å². The molecule has 0 aromatic carbocycles. The predicted octanol–water partition coefficient (Wildman–Crippen LogP) is 2.07. The van der Waals surface area contributed by atoms with Crippen molar-refractivity contribution in [3.05, 3.63) is 0 Å². The van der Waals surface area contributed by atoms with Crippen molar-refractivity contribution in [1.29, 1.82) is 0 Å². The van der Waals surface area contributed by atoms with Crippen molar-refractivity contribution < 1.29 is 0 Å². The fourth-order valence-corrected chi connectivity index (χ4v) is 2.97. The van der Waals surface area contributed by atoms with Crippen molar-refractivity contribution in [3.8, 4) is 0 Å². The molecule has 1 fully saturated rings. The van der Waals surface area contributed by atoms with Crippen LogP contribution < -0.4 is 15.5 Å². The Morgan fingerprint density at radius 3 is 2.50 bits per heavy atom. The SMILES string of the molecule is CCC(CSC)Nc1nc(NC)nc(N2CCCC2)n1. The van der Waals surface area contributed by atoms with Crippen LogP contribution in [0.15, 0.2) is 0 Å². The van der Waals surface area contributed by atoms with E-state index in [1.165, 1.54) is 12.8 Å². The molecule has 0 spiro atoms. The van der Waals surface area contributed by atoms with Crippen molar-refractivity contribution in [3.63, 3.8) is 0 Å². The summed E-state index contributed by atoms with van der Waals surface area (Å²) in [4.78, 5) is 15.7. The van der Waals surface area contributed by atoms with Gasteiger partial charge in [-0.3, -0.25) is 0 Å². The Kier molecular flexibility index (Phi) is 5.70. The summed E-state index contributed by atoms with van der Waals surface area (Å²) in [6, 6.07) is 0.392. The number of rotatable bonds is 7. The molecule has 2 heterocycles. The van der Waals surface area contributed by atoms with Gasteiger partial charge in [0, 0.05) is 31.9 Å². The smallest absolute Gasteiger partial charge is 0.231 e. The highest BCUT2D eigenvalue weighted by atomic mass is 32.2. The molecule has 1 saturated heterocycles. The van der Waals surface area contributed by atoms with Gasteiger partial charge in [0.15, 0.2) is 0 Å². The van der Waals surface area contributed by atoms with E-state index in [1.807, 2.05) is 18.8 Å². The van der Waals surface area contributed by atoms with Crippen molar-refractivity contribution in [1.82, 2.24) is 15.0 Å².